The summed E-state index contributed by atoms with van der Waals surface area (Å²) in [5.41, 5.74) is 12.0. The van der Waals surface area contributed by atoms with Crippen molar-refractivity contribution in [2.75, 3.05) is 70.1 Å². The zero-order chi connectivity index (χ0) is 54.2. The summed E-state index contributed by atoms with van der Waals surface area (Å²) in [5.74, 6) is 0.663. The van der Waals surface area contributed by atoms with Crippen molar-refractivity contribution in [3.63, 3.8) is 0 Å². The molecule has 1 saturated heterocycles. The lowest BCUT2D eigenvalue weighted by atomic mass is 9.86. The molecular formula is C49H62N10O15P2+2. The Bertz CT molecular complexity index is 3400. The average Bonchev–Trinajstić information content (AvgIpc) is 3.96. The van der Waals surface area contributed by atoms with Crippen LogP contribution < -0.4 is 51.3 Å². The molecule has 406 valence electrons. The normalized spacial score (nSPS) is 19.7. The molecule has 0 spiro atoms. The van der Waals surface area contributed by atoms with E-state index < -0.39 is 58.4 Å². The van der Waals surface area contributed by atoms with Gasteiger partial charge in [-0.3, -0.25) is 28.5 Å². The molecule has 9 N–H and O–H groups in total. The summed E-state index contributed by atoms with van der Waals surface area (Å²) >= 11 is 0. The van der Waals surface area contributed by atoms with E-state index in [0.29, 0.717) is 12.0 Å². The highest BCUT2D eigenvalue weighted by molar-refractivity contribution is 7.60. The first-order valence-corrected chi connectivity index (χ1v) is 28.1. The Kier molecular flexibility index (Phi) is 15.9. The molecule has 4 aliphatic heterocycles. The van der Waals surface area contributed by atoms with Gasteiger partial charge in [-0.15, -0.1) is 0 Å². The van der Waals surface area contributed by atoms with Gasteiger partial charge < -0.3 is 60.2 Å². The smallest absolute Gasteiger partial charge is 0.456 e. The number of phosphoric ester groups is 1. The molecule has 9 rings (SSSR count). The number of fused-ring (bicyclic) bond motifs is 5. The van der Waals surface area contributed by atoms with Gasteiger partial charge in [0.1, 0.15) is 36.8 Å². The van der Waals surface area contributed by atoms with Crippen molar-refractivity contribution in [2.24, 2.45) is 7.05 Å². The SMILES string of the molecule is CCN1CCCc2cc3c(cc21)Oc1cc2c(cc1=C3c1ccccc1C(=O)N(C)CCCC(=O)NCCNC(=O)O[C@@H]1[C@H](O)[C@@H](COP(=O)(O)OP(=O)(O)O)O[C@H]1[n+]1cn(C)c3c(=O)[nH]c(N)nc31)CCC[N+]=2CC. The van der Waals surface area contributed by atoms with Crippen LogP contribution in [0.2, 0.25) is 0 Å². The number of amides is 3. The Morgan fingerprint density at radius 2 is 1.78 bits per heavy atom. The number of carbonyl (C=O) groups excluding carboxylic acids is 3. The van der Waals surface area contributed by atoms with E-state index in [1.54, 1.807) is 11.9 Å². The Balaban J connectivity index is 0.837. The maximum atomic E-state index is 14.5. The maximum absolute atomic E-state index is 14.5. The van der Waals surface area contributed by atoms with Crippen LogP contribution in [0.25, 0.3) is 16.7 Å². The van der Waals surface area contributed by atoms with Crippen LogP contribution in [0.1, 0.15) is 78.4 Å². The number of hydrogen-bond acceptors (Lipinski definition) is 15. The van der Waals surface area contributed by atoms with Crippen LogP contribution in [0, 0.1) is 0 Å². The van der Waals surface area contributed by atoms with Crippen molar-refractivity contribution in [3.8, 4) is 11.5 Å². The zero-order valence-corrected chi connectivity index (χ0v) is 44.1. The van der Waals surface area contributed by atoms with Gasteiger partial charge in [0.2, 0.25) is 23.0 Å². The summed E-state index contributed by atoms with van der Waals surface area (Å²) in [6.07, 6.45) is -1.91. The number of ether oxygens (including phenoxy) is 3. The topological polar surface area (TPSA) is 327 Å². The van der Waals surface area contributed by atoms with Crippen LogP contribution in [-0.4, -0.2) is 135 Å². The van der Waals surface area contributed by atoms with Crippen molar-refractivity contribution in [2.45, 2.75) is 76.9 Å². The molecule has 6 heterocycles. The van der Waals surface area contributed by atoms with Crippen LogP contribution in [0.4, 0.5) is 16.4 Å². The molecule has 4 aliphatic rings. The second kappa shape index (κ2) is 22.2. The number of benzene rings is 3. The molecule has 3 amide bonds. The average molecular weight is 1090 g/mol. The molecule has 1 unspecified atom stereocenters. The van der Waals surface area contributed by atoms with Crippen LogP contribution in [0.3, 0.4) is 0 Å². The summed E-state index contributed by atoms with van der Waals surface area (Å²) in [6.45, 7) is 7.12. The van der Waals surface area contributed by atoms with Gasteiger partial charge in [0.05, 0.1) is 19.7 Å². The monoisotopic (exact) mass is 1090 g/mol. The van der Waals surface area contributed by atoms with Crippen LogP contribution in [-0.2, 0) is 52.1 Å². The van der Waals surface area contributed by atoms with Gasteiger partial charge in [0, 0.05) is 91.8 Å². The van der Waals surface area contributed by atoms with Crippen molar-refractivity contribution in [1.82, 2.24) is 34.6 Å². The quantitative estimate of drug-likeness (QED) is 0.0338. The first-order chi connectivity index (χ1) is 36.2. The molecule has 76 heavy (non-hydrogen) atoms. The number of H-pyrrole nitrogens is 1. The number of nitrogens with one attached hydrogen (secondary N) is 3. The van der Waals surface area contributed by atoms with Gasteiger partial charge >= 0.3 is 27.4 Å². The molecule has 0 aliphatic carbocycles. The fourth-order valence-corrected chi connectivity index (χ4v) is 12.0. The molecule has 5 atom stereocenters. The van der Waals surface area contributed by atoms with Gasteiger partial charge in [-0.2, -0.15) is 4.31 Å². The van der Waals surface area contributed by atoms with E-state index in [9.17, 15) is 38.3 Å². The number of aliphatic hydroxyl groups excluding tert-OH is 1. The highest BCUT2D eigenvalue weighted by Crippen LogP contribution is 2.57. The van der Waals surface area contributed by atoms with Gasteiger partial charge in [0.25, 0.3) is 17.4 Å². The highest BCUT2D eigenvalue weighted by Gasteiger charge is 2.51. The Hall–Kier alpha value is -6.53. The molecule has 3 aromatic carbocycles. The number of hydrogen-bond donors (Lipinski definition) is 8. The molecule has 0 radical (unpaired) electrons. The van der Waals surface area contributed by atoms with Gasteiger partial charge in [-0.1, -0.05) is 23.2 Å². The third kappa shape index (κ3) is 11.4. The maximum Gasteiger partial charge on any atom is 0.481 e. The summed E-state index contributed by atoms with van der Waals surface area (Å²) in [5, 5.41) is 18.6. The van der Waals surface area contributed by atoms with E-state index in [2.05, 4.69) is 77.0 Å². The largest absolute Gasteiger partial charge is 0.481 e. The molecule has 2 aromatic heterocycles. The van der Waals surface area contributed by atoms with E-state index in [1.165, 1.54) is 44.7 Å². The second-order valence-electron chi connectivity index (χ2n) is 19.0. The lowest BCUT2D eigenvalue weighted by molar-refractivity contribution is -0.745. The highest BCUT2D eigenvalue weighted by atomic mass is 31.3. The number of aryl methyl sites for hydroxylation is 3. The van der Waals surface area contributed by atoms with Gasteiger partial charge in [0.15, 0.2) is 12.4 Å². The summed E-state index contributed by atoms with van der Waals surface area (Å²) in [7, 11) is -7.68. The predicted octanol–water partition coefficient (Wildman–Crippen LogP) is 0.962. The van der Waals surface area contributed by atoms with E-state index in [1.807, 2.05) is 24.3 Å². The van der Waals surface area contributed by atoms with Crippen LogP contribution in [0.5, 0.6) is 11.5 Å². The van der Waals surface area contributed by atoms with Crippen molar-refractivity contribution in [3.05, 3.63) is 104 Å². The number of imidazole rings is 1. The number of carbonyl (C=O) groups is 3. The predicted molar refractivity (Wildman–Crippen MR) is 274 cm³/mol. The molecule has 25 nitrogen and oxygen atoms in total. The first kappa shape index (κ1) is 54.3. The number of nitrogen functional groups attached to an aromatic ring is 1. The number of nitrogens with zero attached hydrogens (tertiary/aromatic N) is 6. The Labute approximate surface area is 435 Å². The van der Waals surface area contributed by atoms with Crippen LogP contribution in [0.15, 0.2) is 59.7 Å². The molecular weight excluding hydrogens is 1030 g/mol. The van der Waals surface area contributed by atoms with E-state index in [-0.39, 0.29) is 55.0 Å². The summed E-state index contributed by atoms with van der Waals surface area (Å²) in [6, 6.07) is 16.4. The minimum atomic E-state index is -5.49. The first-order valence-electron chi connectivity index (χ1n) is 25.0. The third-order valence-corrected chi connectivity index (χ3v) is 16.1. The van der Waals surface area contributed by atoms with E-state index in [0.717, 1.165) is 85.3 Å². The fraction of sp³-hybridized carbons (Fsp3) is 0.449. The lowest BCUT2D eigenvalue weighted by Crippen LogP contribution is -2.49. The molecule has 0 bridgehead atoms. The number of aromatic amines is 1. The number of alkyl carbamates (subject to hydrolysis) is 1. The van der Waals surface area contributed by atoms with Crippen molar-refractivity contribution < 1.29 is 70.9 Å². The third-order valence-electron chi connectivity index (χ3n) is 13.9. The number of nitrogens with two attached hydrogens (primary N) is 1. The fourth-order valence-electron chi connectivity index (χ4n) is 10.4. The number of aromatic nitrogens is 4. The molecule has 0 saturated carbocycles. The summed E-state index contributed by atoms with van der Waals surface area (Å²) in [4.78, 5) is 91.7. The minimum Gasteiger partial charge on any atom is -0.456 e. The van der Waals surface area contributed by atoms with E-state index >= 15 is 0 Å². The standard InChI is InChI=1S/C49H60N10O15P2/c1-5-57-20-9-12-28-22-32-36(24-34(28)57)71-37-25-35-29(13-10-21-58(35)6-2)23-33(37)40(32)30-14-7-8-15-31(30)46(63)55(3)19-11-16-39(60)51-17-18-52-49(64)73-43-42(61)38(26-70-76(68,69)74-75(65,66)67)72-47(43)59-27-56(4)41-44(59)53-48(50)54-45(41)62/h7-8,14-15,22-25,27,38,42-43,47,61H,5-6,9-13,16-21,26H2,1-4H3,(H6-2,50,51,52,53,54,60,62,64,65,66,67,68,69)/p+2/t38-,42-,43-,47-/m1/s1. The molecule has 1 fully saturated rings. The zero-order valence-electron chi connectivity index (χ0n) is 42.3. The molecule has 5 aromatic rings. The number of phosphoric acid groups is 2. The number of anilines is 2. The summed E-state index contributed by atoms with van der Waals surface area (Å²) < 4.78 is 55.1. The van der Waals surface area contributed by atoms with Gasteiger partial charge in [-0.25, -0.2) is 23.1 Å². The van der Waals surface area contributed by atoms with Gasteiger partial charge in [-0.05, 0) is 68.9 Å². The van der Waals surface area contributed by atoms with Crippen molar-refractivity contribution >= 4 is 61.9 Å². The van der Waals surface area contributed by atoms with Crippen molar-refractivity contribution in [1.29, 1.82) is 0 Å². The minimum absolute atomic E-state index is 0.00908. The number of rotatable bonds is 18. The Morgan fingerprint density at radius 1 is 1.01 bits per heavy atom. The molecule has 27 heteroatoms. The second-order valence-corrected chi connectivity index (χ2v) is 21.8. The lowest BCUT2D eigenvalue weighted by Gasteiger charge is -2.33. The van der Waals surface area contributed by atoms with E-state index in [4.69, 9.17) is 29.7 Å². The van der Waals surface area contributed by atoms with Crippen LogP contribution >= 0.6 is 15.6 Å². The number of aliphatic hydroxyl groups is 1. The Morgan fingerprint density at radius 3 is 2.54 bits per heavy atom.